The van der Waals surface area contributed by atoms with Gasteiger partial charge in [-0.3, -0.25) is 14.2 Å². The Bertz CT molecular complexity index is 1060. The highest BCUT2D eigenvalue weighted by molar-refractivity contribution is 8.00. The predicted octanol–water partition coefficient (Wildman–Crippen LogP) is 3.95. The summed E-state index contributed by atoms with van der Waals surface area (Å²) in [7, 11) is 0. The van der Waals surface area contributed by atoms with Crippen LogP contribution in [0.4, 0.5) is 0 Å². The number of thiophene rings is 1. The molecular formula is C20H20N2O3S2. The van der Waals surface area contributed by atoms with Crippen molar-refractivity contribution in [1.29, 1.82) is 0 Å². The van der Waals surface area contributed by atoms with E-state index < -0.39 is 11.2 Å². The molecule has 1 aromatic carbocycles. The molecule has 0 saturated heterocycles. The number of aliphatic carboxylic acids is 1. The second-order valence-corrected chi connectivity index (χ2v) is 9.15. The third kappa shape index (κ3) is 3.53. The van der Waals surface area contributed by atoms with Gasteiger partial charge in [0.25, 0.3) is 5.56 Å². The van der Waals surface area contributed by atoms with E-state index in [1.54, 1.807) is 22.8 Å². The molecule has 0 bridgehead atoms. The smallest absolute Gasteiger partial charge is 0.316 e. The number of aryl methyl sites for hydroxylation is 2. The summed E-state index contributed by atoms with van der Waals surface area (Å²) < 4.78 is 1.64. The quantitative estimate of drug-likeness (QED) is 0.519. The van der Waals surface area contributed by atoms with Crippen molar-refractivity contribution in [3.8, 4) is 0 Å². The number of hydrogen-bond donors (Lipinski definition) is 1. The van der Waals surface area contributed by atoms with Crippen LogP contribution in [0.5, 0.6) is 0 Å². The fourth-order valence-corrected chi connectivity index (χ4v) is 5.57. The van der Waals surface area contributed by atoms with Crippen LogP contribution in [0.1, 0.15) is 35.8 Å². The summed E-state index contributed by atoms with van der Waals surface area (Å²) in [5.74, 6) is -0.911. The first kappa shape index (κ1) is 18.3. The number of carboxylic acid groups (broad SMARTS) is 1. The summed E-state index contributed by atoms with van der Waals surface area (Å²) >= 11 is 2.72. The highest BCUT2D eigenvalue weighted by Crippen LogP contribution is 2.35. The minimum atomic E-state index is -0.911. The molecule has 0 aliphatic heterocycles. The minimum absolute atomic E-state index is 0.0525. The molecule has 0 radical (unpaired) electrons. The van der Waals surface area contributed by atoms with Crippen LogP contribution in [0.2, 0.25) is 0 Å². The van der Waals surface area contributed by atoms with Gasteiger partial charge in [-0.2, -0.15) is 0 Å². The number of fused-ring (bicyclic) bond motifs is 3. The molecule has 4 rings (SSSR count). The second kappa shape index (κ2) is 7.48. The van der Waals surface area contributed by atoms with Gasteiger partial charge in [-0.1, -0.05) is 42.1 Å². The molecule has 0 amide bonds. The van der Waals surface area contributed by atoms with Gasteiger partial charge in [0.2, 0.25) is 0 Å². The lowest BCUT2D eigenvalue weighted by Gasteiger charge is -2.15. The Kier molecular flexibility index (Phi) is 5.06. The van der Waals surface area contributed by atoms with E-state index in [1.807, 2.05) is 30.3 Å². The monoisotopic (exact) mass is 400 g/mol. The van der Waals surface area contributed by atoms with Crippen LogP contribution in [0, 0.1) is 0 Å². The Morgan fingerprint density at radius 3 is 2.78 bits per heavy atom. The van der Waals surface area contributed by atoms with Gasteiger partial charge in [0.05, 0.1) is 11.9 Å². The van der Waals surface area contributed by atoms with Crippen molar-refractivity contribution >= 4 is 39.3 Å². The number of aromatic nitrogens is 2. The molecule has 140 valence electrons. The largest absolute Gasteiger partial charge is 0.480 e. The van der Waals surface area contributed by atoms with Gasteiger partial charge in [-0.15, -0.1) is 11.3 Å². The molecule has 2 aromatic heterocycles. The molecule has 7 heteroatoms. The topological polar surface area (TPSA) is 72.2 Å². The molecule has 3 aromatic rings. The number of rotatable bonds is 5. The molecular weight excluding hydrogens is 380 g/mol. The summed E-state index contributed by atoms with van der Waals surface area (Å²) in [4.78, 5) is 31.5. The van der Waals surface area contributed by atoms with Gasteiger partial charge in [0.1, 0.15) is 10.1 Å². The Morgan fingerprint density at radius 1 is 1.30 bits per heavy atom. The number of carboxylic acids is 1. The molecule has 0 saturated carbocycles. The molecule has 0 spiro atoms. The summed E-state index contributed by atoms with van der Waals surface area (Å²) in [5, 5.41) is 9.84. The summed E-state index contributed by atoms with van der Waals surface area (Å²) in [6, 6.07) is 9.74. The second-order valence-electron chi connectivity index (χ2n) is 6.76. The molecule has 0 fully saturated rings. The van der Waals surface area contributed by atoms with Crippen molar-refractivity contribution < 1.29 is 9.90 Å². The van der Waals surface area contributed by atoms with Crippen LogP contribution in [-0.2, 0) is 24.2 Å². The van der Waals surface area contributed by atoms with E-state index in [4.69, 9.17) is 4.98 Å². The van der Waals surface area contributed by atoms with Crippen molar-refractivity contribution in [2.45, 2.75) is 49.6 Å². The van der Waals surface area contributed by atoms with Crippen molar-refractivity contribution in [2.75, 3.05) is 0 Å². The van der Waals surface area contributed by atoms with Crippen LogP contribution in [-0.4, -0.2) is 25.9 Å². The molecule has 1 unspecified atom stereocenters. The zero-order chi connectivity index (χ0) is 19.0. The lowest BCUT2D eigenvalue weighted by Crippen LogP contribution is -2.25. The van der Waals surface area contributed by atoms with E-state index >= 15 is 0 Å². The SMILES string of the molecule is CC(Sc1nc2sc3c(c2c(=O)n1Cc1ccccc1)CCCC3)C(=O)O. The maximum absolute atomic E-state index is 13.4. The zero-order valence-corrected chi connectivity index (χ0v) is 16.6. The standard InChI is InChI=1S/C20H20N2O3S2/c1-12(19(24)25)26-20-21-17-16(14-9-5-6-10-15(14)27-17)18(23)22(20)11-13-7-3-2-4-8-13/h2-4,7-8,12H,5-6,9-11H2,1H3,(H,24,25). The van der Waals surface area contributed by atoms with Crippen molar-refractivity contribution in [1.82, 2.24) is 9.55 Å². The lowest BCUT2D eigenvalue weighted by atomic mass is 9.97. The number of hydrogen-bond acceptors (Lipinski definition) is 5. The van der Waals surface area contributed by atoms with Crippen LogP contribution >= 0.6 is 23.1 Å². The Labute approximate surface area is 165 Å². The average molecular weight is 401 g/mol. The molecule has 1 atom stereocenters. The van der Waals surface area contributed by atoms with Crippen LogP contribution in [0.25, 0.3) is 10.2 Å². The molecule has 1 N–H and O–H groups in total. The summed E-state index contributed by atoms with van der Waals surface area (Å²) in [5.41, 5.74) is 2.10. The normalized spacial score (nSPS) is 14.9. The third-order valence-electron chi connectivity index (χ3n) is 4.85. The predicted molar refractivity (Wildman–Crippen MR) is 109 cm³/mol. The number of benzene rings is 1. The maximum Gasteiger partial charge on any atom is 0.316 e. The first-order chi connectivity index (χ1) is 13.0. The summed E-state index contributed by atoms with van der Waals surface area (Å²) in [6.07, 6.45) is 4.18. The molecule has 27 heavy (non-hydrogen) atoms. The molecule has 5 nitrogen and oxygen atoms in total. The highest BCUT2D eigenvalue weighted by Gasteiger charge is 2.24. The zero-order valence-electron chi connectivity index (χ0n) is 15.0. The molecule has 2 heterocycles. The van der Waals surface area contributed by atoms with Gasteiger partial charge in [0, 0.05) is 4.88 Å². The number of nitrogens with zero attached hydrogens (tertiary/aromatic N) is 2. The van der Waals surface area contributed by atoms with Gasteiger partial charge >= 0.3 is 5.97 Å². The Morgan fingerprint density at radius 2 is 2.04 bits per heavy atom. The summed E-state index contributed by atoms with van der Waals surface area (Å²) in [6.45, 7) is 2.01. The number of thioether (sulfide) groups is 1. The Balaban J connectivity index is 1.89. The van der Waals surface area contributed by atoms with Gasteiger partial charge < -0.3 is 5.11 Å². The number of carbonyl (C=O) groups is 1. The van der Waals surface area contributed by atoms with Gasteiger partial charge in [-0.05, 0) is 43.7 Å². The highest BCUT2D eigenvalue weighted by atomic mass is 32.2. The van der Waals surface area contributed by atoms with E-state index in [2.05, 4.69) is 0 Å². The average Bonchev–Trinajstić information content (AvgIpc) is 3.04. The maximum atomic E-state index is 13.4. The first-order valence-corrected chi connectivity index (χ1v) is 10.7. The van der Waals surface area contributed by atoms with E-state index in [9.17, 15) is 14.7 Å². The molecule has 1 aliphatic rings. The van der Waals surface area contributed by atoms with Crippen molar-refractivity contribution in [2.24, 2.45) is 0 Å². The van der Waals surface area contributed by atoms with Crippen molar-refractivity contribution in [3.63, 3.8) is 0 Å². The van der Waals surface area contributed by atoms with Crippen molar-refractivity contribution in [3.05, 3.63) is 56.7 Å². The lowest BCUT2D eigenvalue weighted by molar-refractivity contribution is -0.136. The van der Waals surface area contributed by atoms with E-state index in [1.165, 1.54) is 4.88 Å². The third-order valence-corrected chi connectivity index (χ3v) is 7.12. The minimum Gasteiger partial charge on any atom is -0.480 e. The van der Waals surface area contributed by atoms with E-state index in [0.29, 0.717) is 11.7 Å². The van der Waals surface area contributed by atoms with Gasteiger partial charge in [-0.25, -0.2) is 4.98 Å². The van der Waals surface area contributed by atoms with Gasteiger partial charge in [0.15, 0.2) is 5.16 Å². The van der Waals surface area contributed by atoms with Crippen LogP contribution in [0.15, 0.2) is 40.3 Å². The van der Waals surface area contributed by atoms with Crippen LogP contribution in [0.3, 0.4) is 0 Å². The first-order valence-electron chi connectivity index (χ1n) is 9.03. The van der Waals surface area contributed by atoms with E-state index in [-0.39, 0.29) is 5.56 Å². The molecule has 1 aliphatic carbocycles. The van der Waals surface area contributed by atoms with Crippen LogP contribution < -0.4 is 5.56 Å². The Hall–Kier alpha value is -2.12. The fourth-order valence-electron chi connectivity index (χ4n) is 3.42. The van der Waals surface area contributed by atoms with E-state index in [0.717, 1.165) is 58.8 Å². The fraction of sp³-hybridized carbons (Fsp3) is 0.350.